The number of aromatic nitrogens is 1. The molecule has 1 saturated carbocycles. The predicted octanol–water partition coefficient (Wildman–Crippen LogP) is 2.97. The van der Waals surface area contributed by atoms with Crippen LogP contribution in [0.1, 0.15) is 37.8 Å². The van der Waals surface area contributed by atoms with Crippen LogP contribution < -0.4 is 15.4 Å². The molecule has 6 nitrogen and oxygen atoms in total. The van der Waals surface area contributed by atoms with E-state index < -0.39 is 0 Å². The fourth-order valence-corrected chi connectivity index (χ4v) is 3.29. The molecule has 1 fully saturated rings. The van der Waals surface area contributed by atoms with Gasteiger partial charge >= 0.3 is 0 Å². The number of aliphatic imine (C=N–C) groups is 1. The van der Waals surface area contributed by atoms with Gasteiger partial charge in [-0.2, -0.15) is 0 Å². The van der Waals surface area contributed by atoms with Crippen LogP contribution in [0.2, 0.25) is 0 Å². The normalized spacial score (nSPS) is 16.2. The van der Waals surface area contributed by atoms with Gasteiger partial charge in [0, 0.05) is 33.4 Å². The quantitative estimate of drug-likeness (QED) is 0.353. The van der Waals surface area contributed by atoms with E-state index in [9.17, 15) is 0 Å². The molecular weight excluding hydrogens is 431 g/mol. The van der Waals surface area contributed by atoms with Crippen molar-refractivity contribution in [2.45, 2.75) is 38.6 Å². The van der Waals surface area contributed by atoms with Gasteiger partial charge in [-0.05, 0) is 30.7 Å². The van der Waals surface area contributed by atoms with E-state index in [0.717, 1.165) is 31.2 Å². The van der Waals surface area contributed by atoms with Crippen LogP contribution in [0, 0.1) is 5.41 Å². The van der Waals surface area contributed by atoms with Gasteiger partial charge < -0.3 is 20.1 Å². The Bertz CT molecular complexity index is 534. The minimum atomic E-state index is 0. The van der Waals surface area contributed by atoms with Crippen molar-refractivity contribution in [3.8, 4) is 5.88 Å². The highest BCUT2D eigenvalue weighted by Gasteiger charge is 2.33. The van der Waals surface area contributed by atoms with Crippen LogP contribution in [-0.2, 0) is 11.3 Å². The summed E-state index contributed by atoms with van der Waals surface area (Å²) in [6.45, 7) is 2.37. The second-order valence-electron chi connectivity index (χ2n) is 6.40. The molecule has 0 radical (unpaired) electrons. The zero-order valence-electron chi connectivity index (χ0n) is 15.5. The first-order valence-corrected chi connectivity index (χ1v) is 8.65. The van der Waals surface area contributed by atoms with Gasteiger partial charge in [0.05, 0.1) is 19.3 Å². The van der Waals surface area contributed by atoms with Crippen LogP contribution in [-0.4, -0.2) is 45.4 Å². The number of halogens is 1. The molecule has 0 bridgehead atoms. The number of methoxy groups -OCH3 is 2. The summed E-state index contributed by atoms with van der Waals surface area (Å²) in [5, 5.41) is 6.81. The summed E-state index contributed by atoms with van der Waals surface area (Å²) in [7, 11) is 5.20. The monoisotopic (exact) mass is 462 g/mol. The van der Waals surface area contributed by atoms with Crippen LogP contribution in [0.5, 0.6) is 5.88 Å². The number of hydrogen-bond donors (Lipinski definition) is 2. The van der Waals surface area contributed by atoms with E-state index in [1.54, 1.807) is 21.3 Å². The fraction of sp³-hybridized carbons (Fsp3) is 0.667. The Morgan fingerprint density at radius 3 is 2.64 bits per heavy atom. The van der Waals surface area contributed by atoms with Crippen LogP contribution in [0.3, 0.4) is 0 Å². The molecule has 2 rings (SSSR count). The van der Waals surface area contributed by atoms with Gasteiger partial charge in [0.2, 0.25) is 5.88 Å². The van der Waals surface area contributed by atoms with E-state index in [4.69, 9.17) is 9.47 Å². The summed E-state index contributed by atoms with van der Waals surface area (Å²) in [6, 6.07) is 5.76. The summed E-state index contributed by atoms with van der Waals surface area (Å²) in [5.41, 5.74) is 1.26. The molecule has 0 unspecified atom stereocenters. The topological polar surface area (TPSA) is 67.8 Å². The van der Waals surface area contributed by atoms with Crippen molar-refractivity contribution in [2.24, 2.45) is 10.4 Å². The van der Waals surface area contributed by atoms with Gasteiger partial charge in [0.25, 0.3) is 0 Å². The number of guanidine groups is 1. The minimum absolute atomic E-state index is 0. The van der Waals surface area contributed by atoms with Crippen molar-refractivity contribution >= 4 is 29.9 Å². The molecule has 0 atom stereocenters. The van der Waals surface area contributed by atoms with Crippen molar-refractivity contribution in [1.82, 2.24) is 15.6 Å². The van der Waals surface area contributed by atoms with Crippen LogP contribution in [0.15, 0.2) is 23.2 Å². The third kappa shape index (κ3) is 6.97. The Labute approximate surface area is 168 Å². The molecule has 1 aromatic rings. The van der Waals surface area contributed by atoms with Crippen molar-refractivity contribution in [2.75, 3.05) is 34.4 Å². The highest BCUT2D eigenvalue weighted by atomic mass is 127. The highest BCUT2D eigenvalue weighted by Crippen LogP contribution is 2.40. The Balaban J connectivity index is 0.00000312. The number of hydrogen-bond acceptors (Lipinski definition) is 4. The van der Waals surface area contributed by atoms with E-state index >= 15 is 0 Å². The second-order valence-corrected chi connectivity index (χ2v) is 6.40. The maximum absolute atomic E-state index is 5.30. The van der Waals surface area contributed by atoms with Gasteiger partial charge in [-0.25, -0.2) is 4.98 Å². The summed E-state index contributed by atoms with van der Waals surface area (Å²) in [6.07, 6.45) is 6.25. The lowest BCUT2D eigenvalue weighted by Crippen LogP contribution is -2.43. The van der Waals surface area contributed by atoms with Gasteiger partial charge in [0.1, 0.15) is 0 Å². The Morgan fingerprint density at radius 2 is 2.00 bits per heavy atom. The Hall–Kier alpha value is -1.09. The zero-order valence-corrected chi connectivity index (χ0v) is 17.8. The smallest absolute Gasteiger partial charge is 0.213 e. The first kappa shape index (κ1) is 22.0. The first-order chi connectivity index (χ1) is 11.7. The molecule has 0 aromatic carbocycles. The molecule has 0 spiro atoms. The summed E-state index contributed by atoms with van der Waals surface area (Å²) < 4.78 is 10.5. The number of nitrogens with zero attached hydrogens (tertiary/aromatic N) is 2. The van der Waals surface area contributed by atoms with Gasteiger partial charge in [-0.3, -0.25) is 4.99 Å². The van der Waals surface area contributed by atoms with Crippen LogP contribution in [0.4, 0.5) is 0 Å². The molecule has 1 aromatic heterocycles. The van der Waals surface area contributed by atoms with Crippen LogP contribution in [0.25, 0.3) is 0 Å². The van der Waals surface area contributed by atoms with Crippen molar-refractivity contribution < 1.29 is 9.47 Å². The third-order valence-corrected chi connectivity index (χ3v) is 4.78. The average molecular weight is 462 g/mol. The lowest BCUT2D eigenvalue weighted by molar-refractivity contribution is 0.138. The van der Waals surface area contributed by atoms with E-state index in [0.29, 0.717) is 17.8 Å². The minimum Gasteiger partial charge on any atom is -0.481 e. The molecule has 0 amide bonds. The number of nitrogens with one attached hydrogen (secondary N) is 2. The predicted molar refractivity (Wildman–Crippen MR) is 112 cm³/mol. The molecule has 0 saturated heterocycles. The average Bonchev–Trinajstić information content (AvgIpc) is 3.09. The first-order valence-electron chi connectivity index (χ1n) is 8.65. The van der Waals surface area contributed by atoms with Gasteiger partial charge in [0.15, 0.2) is 5.96 Å². The number of rotatable bonds is 8. The Kier molecular flexibility index (Phi) is 10.1. The van der Waals surface area contributed by atoms with E-state index in [1.165, 1.54) is 25.7 Å². The maximum Gasteiger partial charge on any atom is 0.213 e. The molecule has 0 aliphatic heterocycles. The molecule has 1 heterocycles. The number of pyridine rings is 1. The molecule has 1 aliphatic carbocycles. The summed E-state index contributed by atoms with van der Waals surface area (Å²) in [5.74, 6) is 1.44. The Morgan fingerprint density at radius 1 is 1.24 bits per heavy atom. The molecule has 25 heavy (non-hydrogen) atoms. The third-order valence-electron chi connectivity index (χ3n) is 4.78. The highest BCUT2D eigenvalue weighted by molar-refractivity contribution is 14.0. The summed E-state index contributed by atoms with van der Waals surface area (Å²) >= 11 is 0. The lowest BCUT2D eigenvalue weighted by atomic mass is 9.83. The van der Waals surface area contributed by atoms with Crippen molar-refractivity contribution in [1.29, 1.82) is 0 Å². The molecule has 1 aliphatic rings. The fourth-order valence-electron chi connectivity index (χ4n) is 3.29. The van der Waals surface area contributed by atoms with Gasteiger partial charge in [-0.1, -0.05) is 18.9 Å². The standard InChI is InChI=1S/C18H30N4O2.HI/c1-19-17(20-13-15-7-6-8-16(22-15)24-3)21-14-18(11-12-23-2)9-4-5-10-18;/h6-8H,4-5,9-14H2,1-3H3,(H2,19,20,21);1H. The molecule has 7 heteroatoms. The van der Waals surface area contributed by atoms with Crippen molar-refractivity contribution in [3.63, 3.8) is 0 Å². The molecular formula is C18H31IN4O2. The summed E-state index contributed by atoms with van der Waals surface area (Å²) in [4.78, 5) is 8.73. The SMILES string of the molecule is CN=C(NCc1cccc(OC)n1)NCC1(CCOC)CCCC1.I. The van der Waals surface area contributed by atoms with E-state index in [-0.39, 0.29) is 24.0 Å². The van der Waals surface area contributed by atoms with E-state index in [2.05, 4.69) is 20.6 Å². The number of ether oxygens (including phenoxy) is 2. The van der Waals surface area contributed by atoms with Gasteiger partial charge in [-0.15, -0.1) is 24.0 Å². The lowest BCUT2D eigenvalue weighted by Gasteiger charge is -2.29. The molecule has 142 valence electrons. The van der Waals surface area contributed by atoms with Crippen molar-refractivity contribution in [3.05, 3.63) is 23.9 Å². The van der Waals surface area contributed by atoms with E-state index in [1.807, 2.05) is 18.2 Å². The largest absolute Gasteiger partial charge is 0.481 e. The molecule has 2 N–H and O–H groups in total. The maximum atomic E-state index is 5.30. The zero-order chi connectivity index (χ0) is 17.3. The van der Waals surface area contributed by atoms with Crippen LogP contribution >= 0.6 is 24.0 Å². The second kappa shape index (κ2) is 11.5.